The predicted molar refractivity (Wildman–Crippen MR) is 84.1 cm³/mol. The van der Waals surface area contributed by atoms with Gasteiger partial charge in [-0.15, -0.1) is 0 Å². The molecule has 0 bridgehead atoms. The first-order valence-electron chi connectivity index (χ1n) is 6.98. The minimum atomic E-state index is 0.394. The zero-order valence-electron chi connectivity index (χ0n) is 12.4. The molecule has 3 heteroatoms. The molecule has 1 saturated heterocycles. The van der Waals surface area contributed by atoms with Gasteiger partial charge in [-0.25, -0.2) is 0 Å². The zero-order valence-corrected chi connectivity index (χ0v) is 13.2. The van der Waals surface area contributed by atoms with Gasteiger partial charge in [0.1, 0.15) is 5.75 Å². The Morgan fingerprint density at radius 3 is 2.58 bits per heavy atom. The van der Waals surface area contributed by atoms with Crippen molar-refractivity contribution >= 4 is 11.8 Å². The summed E-state index contributed by atoms with van der Waals surface area (Å²) in [5, 5.41) is 3.77. The minimum absolute atomic E-state index is 0.394. The van der Waals surface area contributed by atoms with Crippen molar-refractivity contribution in [2.45, 2.75) is 39.3 Å². The number of hydrogen-bond donors (Lipinski definition) is 1. The Bertz CT molecular complexity index is 402. The van der Waals surface area contributed by atoms with Gasteiger partial charge in [0.05, 0.1) is 7.11 Å². The van der Waals surface area contributed by atoms with Crippen LogP contribution in [-0.2, 0) is 0 Å². The molecule has 1 heterocycles. The maximum absolute atomic E-state index is 5.20. The van der Waals surface area contributed by atoms with Gasteiger partial charge in [0.15, 0.2) is 0 Å². The van der Waals surface area contributed by atoms with Crippen LogP contribution >= 0.6 is 11.8 Å². The van der Waals surface area contributed by atoms with Crippen LogP contribution in [0.3, 0.4) is 0 Å². The molecule has 1 aromatic rings. The van der Waals surface area contributed by atoms with E-state index in [9.17, 15) is 0 Å². The van der Waals surface area contributed by atoms with E-state index in [2.05, 4.69) is 50.0 Å². The number of nitrogens with one attached hydrogen (secondary N) is 1. The Labute approximate surface area is 121 Å². The predicted octanol–water partition coefficient (Wildman–Crippen LogP) is 3.88. The summed E-state index contributed by atoms with van der Waals surface area (Å²) >= 11 is 2.07. The topological polar surface area (TPSA) is 21.3 Å². The molecule has 19 heavy (non-hydrogen) atoms. The Morgan fingerprint density at radius 1 is 1.32 bits per heavy atom. The maximum atomic E-state index is 5.20. The molecule has 1 aliphatic heterocycles. The molecular formula is C16H25NOS. The van der Waals surface area contributed by atoms with Crippen molar-refractivity contribution < 1.29 is 4.74 Å². The average molecular weight is 279 g/mol. The Balaban J connectivity index is 1.94. The van der Waals surface area contributed by atoms with Crippen molar-refractivity contribution in [1.29, 1.82) is 0 Å². The lowest BCUT2D eigenvalue weighted by Gasteiger charge is -2.36. The number of rotatable bonds is 4. The molecule has 2 nitrogen and oxygen atoms in total. The first-order valence-corrected chi connectivity index (χ1v) is 8.13. The molecule has 2 atom stereocenters. The van der Waals surface area contributed by atoms with Crippen LogP contribution in [0, 0.1) is 5.41 Å². The molecule has 1 aliphatic rings. The second-order valence-electron chi connectivity index (χ2n) is 6.24. The van der Waals surface area contributed by atoms with Crippen LogP contribution in [0.1, 0.15) is 38.8 Å². The normalized spacial score (nSPS) is 23.9. The van der Waals surface area contributed by atoms with Crippen molar-refractivity contribution in [2.24, 2.45) is 5.41 Å². The van der Waals surface area contributed by atoms with E-state index in [4.69, 9.17) is 4.74 Å². The Hall–Kier alpha value is -0.670. The van der Waals surface area contributed by atoms with Crippen LogP contribution in [0.25, 0.3) is 0 Å². The fraction of sp³-hybridized carbons (Fsp3) is 0.625. The molecule has 1 fully saturated rings. The van der Waals surface area contributed by atoms with E-state index in [1.807, 2.05) is 12.1 Å². The highest BCUT2D eigenvalue weighted by Gasteiger charge is 2.29. The van der Waals surface area contributed by atoms with Gasteiger partial charge in [-0.05, 0) is 42.2 Å². The van der Waals surface area contributed by atoms with Crippen LogP contribution in [-0.4, -0.2) is 24.7 Å². The van der Waals surface area contributed by atoms with Crippen LogP contribution < -0.4 is 10.1 Å². The quantitative estimate of drug-likeness (QED) is 0.904. The Kier molecular flexibility index (Phi) is 4.80. The second kappa shape index (κ2) is 6.19. The highest BCUT2D eigenvalue weighted by molar-refractivity contribution is 7.99. The average Bonchev–Trinajstić information content (AvgIpc) is 2.37. The molecule has 0 spiro atoms. The number of thioether (sulfide) groups is 1. The SMILES string of the molecule is COc1ccc(C(C)NC2CSCC(C)(C)C2)cc1. The summed E-state index contributed by atoms with van der Waals surface area (Å²) in [6.45, 7) is 6.98. The summed E-state index contributed by atoms with van der Waals surface area (Å²) in [6.07, 6.45) is 1.26. The van der Waals surface area contributed by atoms with E-state index in [0.717, 1.165) is 5.75 Å². The number of methoxy groups -OCH3 is 1. The van der Waals surface area contributed by atoms with Gasteiger partial charge < -0.3 is 10.1 Å². The number of ether oxygens (including phenoxy) is 1. The van der Waals surface area contributed by atoms with Gasteiger partial charge in [0, 0.05) is 17.8 Å². The molecule has 0 saturated carbocycles. The number of hydrogen-bond acceptors (Lipinski definition) is 3. The van der Waals surface area contributed by atoms with Gasteiger partial charge in [-0.3, -0.25) is 0 Å². The molecule has 2 unspecified atom stereocenters. The van der Waals surface area contributed by atoms with Crippen LogP contribution in [0.4, 0.5) is 0 Å². The van der Waals surface area contributed by atoms with E-state index >= 15 is 0 Å². The standard InChI is InChI=1S/C16H25NOS/c1-12(13-5-7-15(18-4)8-6-13)17-14-9-16(2,3)11-19-10-14/h5-8,12,14,17H,9-11H2,1-4H3. The third-order valence-corrected chi connectivity index (χ3v) is 5.34. The van der Waals surface area contributed by atoms with Crippen molar-refractivity contribution in [3.63, 3.8) is 0 Å². The van der Waals surface area contributed by atoms with Gasteiger partial charge in [0.25, 0.3) is 0 Å². The molecule has 2 rings (SSSR count). The van der Waals surface area contributed by atoms with E-state index in [0.29, 0.717) is 17.5 Å². The lowest BCUT2D eigenvalue weighted by atomic mass is 9.87. The second-order valence-corrected chi connectivity index (χ2v) is 7.27. The van der Waals surface area contributed by atoms with Crippen LogP contribution in [0.5, 0.6) is 5.75 Å². The molecule has 0 amide bonds. The van der Waals surface area contributed by atoms with E-state index in [1.54, 1.807) is 7.11 Å². The third-order valence-electron chi connectivity index (χ3n) is 3.71. The minimum Gasteiger partial charge on any atom is -0.497 e. The monoisotopic (exact) mass is 279 g/mol. The van der Waals surface area contributed by atoms with E-state index < -0.39 is 0 Å². The zero-order chi connectivity index (χ0) is 13.9. The van der Waals surface area contributed by atoms with Crippen molar-refractivity contribution in [2.75, 3.05) is 18.6 Å². The first-order chi connectivity index (χ1) is 9.00. The molecule has 106 valence electrons. The van der Waals surface area contributed by atoms with Gasteiger partial charge in [-0.1, -0.05) is 26.0 Å². The maximum Gasteiger partial charge on any atom is 0.118 e. The largest absolute Gasteiger partial charge is 0.497 e. The van der Waals surface area contributed by atoms with Crippen molar-refractivity contribution in [3.8, 4) is 5.75 Å². The molecule has 0 aromatic heterocycles. The van der Waals surface area contributed by atoms with E-state index in [-0.39, 0.29) is 0 Å². The van der Waals surface area contributed by atoms with Crippen molar-refractivity contribution in [1.82, 2.24) is 5.32 Å². The molecule has 1 aromatic carbocycles. The fourth-order valence-corrected chi connectivity index (χ4v) is 4.00. The summed E-state index contributed by atoms with van der Waals surface area (Å²) in [4.78, 5) is 0. The molecule has 0 radical (unpaired) electrons. The number of benzene rings is 1. The summed E-state index contributed by atoms with van der Waals surface area (Å²) in [6, 6.07) is 9.38. The summed E-state index contributed by atoms with van der Waals surface area (Å²) in [5.41, 5.74) is 1.79. The highest BCUT2D eigenvalue weighted by Crippen LogP contribution is 2.34. The molecular weight excluding hydrogens is 254 g/mol. The van der Waals surface area contributed by atoms with Gasteiger partial charge in [-0.2, -0.15) is 11.8 Å². The summed E-state index contributed by atoms with van der Waals surface area (Å²) < 4.78 is 5.20. The van der Waals surface area contributed by atoms with Gasteiger partial charge in [0.2, 0.25) is 0 Å². The molecule has 1 N–H and O–H groups in total. The lowest BCUT2D eigenvalue weighted by Crippen LogP contribution is -2.41. The van der Waals surface area contributed by atoms with Gasteiger partial charge >= 0.3 is 0 Å². The van der Waals surface area contributed by atoms with Crippen LogP contribution in [0.15, 0.2) is 24.3 Å². The van der Waals surface area contributed by atoms with E-state index in [1.165, 1.54) is 23.5 Å². The summed E-state index contributed by atoms with van der Waals surface area (Å²) in [5.74, 6) is 3.43. The smallest absolute Gasteiger partial charge is 0.118 e. The lowest BCUT2D eigenvalue weighted by molar-refractivity contribution is 0.305. The highest BCUT2D eigenvalue weighted by atomic mass is 32.2. The Morgan fingerprint density at radius 2 is 2.00 bits per heavy atom. The fourth-order valence-electron chi connectivity index (χ4n) is 2.71. The van der Waals surface area contributed by atoms with Crippen LogP contribution in [0.2, 0.25) is 0 Å². The first kappa shape index (κ1) is 14.7. The third kappa shape index (κ3) is 4.15. The van der Waals surface area contributed by atoms with Crippen molar-refractivity contribution in [3.05, 3.63) is 29.8 Å². The molecule has 0 aliphatic carbocycles. The summed E-state index contributed by atoms with van der Waals surface area (Å²) in [7, 11) is 1.71.